The number of hydrogen-bond acceptors (Lipinski definition) is 3. The van der Waals surface area contributed by atoms with Gasteiger partial charge in [0, 0.05) is 22.8 Å². The van der Waals surface area contributed by atoms with Crippen LogP contribution in [0.15, 0.2) is 47.5 Å². The van der Waals surface area contributed by atoms with E-state index in [1.807, 2.05) is 37.3 Å². The summed E-state index contributed by atoms with van der Waals surface area (Å²) in [5, 5.41) is 4.15. The van der Waals surface area contributed by atoms with E-state index in [4.69, 9.17) is 11.6 Å². The van der Waals surface area contributed by atoms with Gasteiger partial charge in [-0.3, -0.25) is 4.99 Å². The second-order valence-electron chi connectivity index (χ2n) is 5.98. The van der Waals surface area contributed by atoms with Crippen LogP contribution in [-0.4, -0.2) is 25.0 Å². The van der Waals surface area contributed by atoms with Crippen molar-refractivity contribution in [3.8, 4) is 0 Å². The van der Waals surface area contributed by atoms with Crippen LogP contribution in [0, 0.1) is 5.82 Å². The Labute approximate surface area is 139 Å². The molecule has 2 aromatic rings. The maximum absolute atomic E-state index is 14.4. The molecule has 2 aromatic carbocycles. The fourth-order valence-electron chi connectivity index (χ4n) is 3.51. The van der Waals surface area contributed by atoms with E-state index >= 15 is 0 Å². The minimum atomic E-state index is -0.219. The first-order valence-electron chi connectivity index (χ1n) is 7.72. The third-order valence-corrected chi connectivity index (χ3v) is 4.81. The normalized spacial score (nSPS) is 23.1. The van der Waals surface area contributed by atoms with Crippen LogP contribution < -0.4 is 10.2 Å². The van der Waals surface area contributed by atoms with E-state index in [0.29, 0.717) is 10.6 Å². The number of nitrogens with zero attached hydrogens (tertiary/aromatic N) is 2. The Hall–Kier alpha value is -1.91. The van der Waals surface area contributed by atoms with Gasteiger partial charge in [0.25, 0.3) is 0 Å². The number of aliphatic imine (C=N–C) groups is 1. The van der Waals surface area contributed by atoms with Gasteiger partial charge in [-0.25, -0.2) is 4.39 Å². The van der Waals surface area contributed by atoms with E-state index < -0.39 is 0 Å². The Morgan fingerprint density at radius 1 is 1.22 bits per heavy atom. The van der Waals surface area contributed by atoms with Crippen LogP contribution in [0.3, 0.4) is 0 Å². The summed E-state index contributed by atoms with van der Waals surface area (Å²) >= 11 is 6.23. The van der Waals surface area contributed by atoms with Crippen molar-refractivity contribution < 1.29 is 4.39 Å². The number of anilines is 1. The first-order chi connectivity index (χ1) is 11.1. The molecular formula is C18H17ClFN3. The molecule has 0 fully saturated rings. The number of rotatable bonds is 1. The predicted octanol–water partition coefficient (Wildman–Crippen LogP) is 3.78. The third-order valence-electron chi connectivity index (χ3n) is 4.58. The molecule has 0 spiro atoms. The monoisotopic (exact) mass is 329 g/mol. The summed E-state index contributed by atoms with van der Waals surface area (Å²) in [6.45, 7) is 3.51. The van der Waals surface area contributed by atoms with Gasteiger partial charge in [0.2, 0.25) is 0 Å². The number of fused-ring (bicyclic) bond motifs is 3. The lowest BCUT2D eigenvalue weighted by atomic mass is 9.96. The van der Waals surface area contributed by atoms with Crippen molar-refractivity contribution in [1.29, 1.82) is 0 Å². The van der Waals surface area contributed by atoms with E-state index in [0.717, 1.165) is 30.2 Å². The molecule has 3 nitrogen and oxygen atoms in total. The minimum absolute atomic E-state index is 0.205. The largest absolute Gasteiger partial charge is 0.324 e. The maximum atomic E-state index is 14.4. The molecule has 0 aliphatic carbocycles. The Kier molecular flexibility index (Phi) is 3.58. The van der Waals surface area contributed by atoms with Crippen LogP contribution in [0.5, 0.6) is 0 Å². The Bertz CT molecular complexity index is 790. The fourth-order valence-corrected chi connectivity index (χ4v) is 3.69. The first kappa shape index (κ1) is 14.7. The topological polar surface area (TPSA) is 27.6 Å². The molecule has 4 rings (SSSR count). The molecule has 5 heteroatoms. The van der Waals surface area contributed by atoms with Crippen molar-refractivity contribution in [2.24, 2.45) is 4.99 Å². The smallest absolute Gasteiger partial charge is 0.128 e. The van der Waals surface area contributed by atoms with Gasteiger partial charge in [0.05, 0.1) is 18.6 Å². The lowest BCUT2D eigenvalue weighted by Gasteiger charge is -2.26. The quantitative estimate of drug-likeness (QED) is 0.862. The third kappa shape index (κ3) is 2.42. The van der Waals surface area contributed by atoms with Gasteiger partial charge < -0.3 is 10.2 Å². The Morgan fingerprint density at radius 3 is 2.87 bits per heavy atom. The second kappa shape index (κ2) is 5.62. The summed E-state index contributed by atoms with van der Waals surface area (Å²) in [7, 11) is 0. The molecule has 118 valence electrons. The van der Waals surface area contributed by atoms with E-state index in [9.17, 15) is 4.39 Å². The lowest BCUT2D eigenvalue weighted by molar-refractivity contribution is 0.535. The lowest BCUT2D eigenvalue weighted by Crippen LogP contribution is -2.40. The average molecular weight is 330 g/mol. The number of hydrogen-bond donors (Lipinski definition) is 1. The van der Waals surface area contributed by atoms with E-state index in [1.165, 1.54) is 6.07 Å². The van der Waals surface area contributed by atoms with Gasteiger partial charge >= 0.3 is 0 Å². The molecule has 23 heavy (non-hydrogen) atoms. The Balaban J connectivity index is 1.90. The molecule has 2 aliphatic rings. The van der Waals surface area contributed by atoms with Crippen LogP contribution in [0.2, 0.25) is 5.02 Å². The van der Waals surface area contributed by atoms with Crippen LogP contribution in [-0.2, 0) is 0 Å². The molecular weight excluding hydrogens is 313 g/mol. The van der Waals surface area contributed by atoms with E-state index in [-0.39, 0.29) is 17.9 Å². The molecule has 2 heterocycles. The fraction of sp³-hybridized carbons (Fsp3) is 0.278. The molecule has 2 aliphatic heterocycles. The zero-order valence-corrected chi connectivity index (χ0v) is 13.5. The standard InChI is InChI=1S/C18H17ClFN3/c1-11-21-9-13-10-22-18(14-4-2-3-5-16(14)20)15-8-12(19)6-7-17(15)23(11)13/h2-8,13,18,22H,9-10H2,1H3. The Morgan fingerprint density at radius 2 is 2.04 bits per heavy atom. The van der Waals surface area contributed by atoms with Crippen LogP contribution >= 0.6 is 11.6 Å². The van der Waals surface area contributed by atoms with Gasteiger partial charge in [-0.1, -0.05) is 29.8 Å². The van der Waals surface area contributed by atoms with E-state index in [1.54, 1.807) is 6.07 Å². The molecule has 1 N–H and O–H groups in total. The second-order valence-corrected chi connectivity index (χ2v) is 6.41. The van der Waals surface area contributed by atoms with E-state index in [2.05, 4.69) is 15.2 Å². The maximum Gasteiger partial charge on any atom is 0.128 e. The van der Waals surface area contributed by atoms with Gasteiger partial charge in [-0.05, 0) is 36.8 Å². The minimum Gasteiger partial charge on any atom is -0.324 e. The number of amidine groups is 1. The first-order valence-corrected chi connectivity index (χ1v) is 8.10. The summed E-state index contributed by atoms with van der Waals surface area (Å²) < 4.78 is 14.4. The number of halogens is 2. The van der Waals surface area contributed by atoms with Crippen LogP contribution in [0.4, 0.5) is 10.1 Å². The molecule has 2 unspecified atom stereocenters. The van der Waals surface area contributed by atoms with Crippen LogP contribution in [0.1, 0.15) is 24.1 Å². The van der Waals surface area contributed by atoms with Gasteiger partial charge in [0.1, 0.15) is 11.7 Å². The van der Waals surface area contributed by atoms with Crippen LogP contribution in [0.25, 0.3) is 0 Å². The summed E-state index contributed by atoms with van der Waals surface area (Å²) in [6.07, 6.45) is 0. The zero-order chi connectivity index (χ0) is 16.0. The van der Waals surface area contributed by atoms with Gasteiger partial charge in [0.15, 0.2) is 0 Å². The zero-order valence-electron chi connectivity index (χ0n) is 12.8. The predicted molar refractivity (Wildman–Crippen MR) is 91.9 cm³/mol. The summed E-state index contributed by atoms with van der Waals surface area (Å²) in [5.74, 6) is 0.790. The van der Waals surface area contributed by atoms with Crippen molar-refractivity contribution in [2.45, 2.75) is 19.0 Å². The van der Waals surface area contributed by atoms with Crippen molar-refractivity contribution in [3.63, 3.8) is 0 Å². The summed E-state index contributed by atoms with van der Waals surface area (Å²) in [4.78, 5) is 6.79. The van der Waals surface area contributed by atoms with Crippen molar-refractivity contribution in [1.82, 2.24) is 5.32 Å². The molecule has 0 radical (unpaired) electrons. The molecule has 0 saturated heterocycles. The molecule has 0 amide bonds. The highest BCUT2D eigenvalue weighted by Gasteiger charge is 2.34. The molecule has 0 aromatic heterocycles. The number of nitrogens with one attached hydrogen (secondary N) is 1. The summed E-state index contributed by atoms with van der Waals surface area (Å²) in [5.41, 5.74) is 2.68. The molecule has 2 atom stereocenters. The van der Waals surface area contributed by atoms with Crippen molar-refractivity contribution >= 4 is 23.1 Å². The van der Waals surface area contributed by atoms with Gasteiger partial charge in [-0.15, -0.1) is 0 Å². The average Bonchev–Trinajstić information content (AvgIpc) is 2.82. The van der Waals surface area contributed by atoms with Crippen molar-refractivity contribution in [2.75, 3.05) is 18.0 Å². The highest BCUT2D eigenvalue weighted by atomic mass is 35.5. The highest BCUT2D eigenvalue weighted by Crippen LogP contribution is 2.38. The molecule has 0 saturated carbocycles. The SMILES string of the molecule is CC1=NCC2CNC(c3ccccc3F)c3cc(Cl)ccc3N12. The van der Waals surface area contributed by atoms with Gasteiger partial charge in [-0.2, -0.15) is 0 Å². The van der Waals surface area contributed by atoms with Crippen molar-refractivity contribution in [3.05, 3.63) is 64.4 Å². The summed E-state index contributed by atoms with van der Waals surface area (Å²) in [6, 6.07) is 12.8. The highest BCUT2D eigenvalue weighted by molar-refractivity contribution is 6.30. The number of benzene rings is 2. The molecule has 0 bridgehead atoms.